The number of benzene rings is 2. The lowest BCUT2D eigenvalue weighted by molar-refractivity contribution is -0.139. The van der Waals surface area contributed by atoms with Crippen molar-refractivity contribution < 1.29 is 23.8 Å². The Bertz CT molecular complexity index is 881. The van der Waals surface area contributed by atoms with Crippen LogP contribution in [0.2, 0.25) is 0 Å². The predicted octanol–water partition coefficient (Wildman–Crippen LogP) is 2.69. The first-order valence-electron chi connectivity index (χ1n) is 10.1. The minimum absolute atomic E-state index is 0.297. The number of unbranched alkanes of at least 4 members (excludes halogenated alkanes) is 1. The van der Waals surface area contributed by atoms with Gasteiger partial charge in [0.2, 0.25) is 0 Å². The molecule has 2 amide bonds. The number of ether oxygens (including phenoxy) is 3. The highest BCUT2D eigenvalue weighted by atomic mass is 16.5. The highest BCUT2D eigenvalue weighted by molar-refractivity contribution is 6.35. The van der Waals surface area contributed by atoms with Crippen LogP contribution in [0.5, 0.6) is 17.2 Å². The fourth-order valence-corrected chi connectivity index (χ4v) is 2.64. The Morgan fingerprint density at radius 2 is 1.74 bits per heavy atom. The molecule has 0 radical (unpaired) electrons. The molecule has 0 heterocycles. The first kappa shape index (κ1) is 23.7. The van der Waals surface area contributed by atoms with Crippen LogP contribution in [0.25, 0.3) is 0 Å². The first-order valence-corrected chi connectivity index (χ1v) is 10.1. The molecule has 0 aliphatic rings. The average molecular weight is 428 g/mol. The molecule has 0 unspecified atom stereocenters. The van der Waals surface area contributed by atoms with Gasteiger partial charge in [0.25, 0.3) is 0 Å². The minimum atomic E-state index is -0.830. The summed E-state index contributed by atoms with van der Waals surface area (Å²) in [6, 6.07) is 12.8. The number of rotatable bonds is 11. The number of nitrogens with zero attached hydrogens (tertiary/aromatic N) is 1. The molecule has 0 bridgehead atoms. The summed E-state index contributed by atoms with van der Waals surface area (Å²) in [5, 5.41) is 6.38. The van der Waals surface area contributed by atoms with Crippen LogP contribution in [0.1, 0.15) is 30.9 Å². The molecule has 2 aromatic rings. The summed E-state index contributed by atoms with van der Waals surface area (Å²) >= 11 is 0. The highest BCUT2D eigenvalue weighted by Crippen LogP contribution is 2.27. The second-order valence-electron chi connectivity index (χ2n) is 6.67. The molecule has 2 N–H and O–H groups in total. The van der Waals surface area contributed by atoms with Gasteiger partial charge in [-0.2, -0.15) is 5.10 Å². The van der Waals surface area contributed by atoms with Gasteiger partial charge in [-0.15, -0.1) is 0 Å². The van der Waals surface area contributed by atoms with Gasteiger partial charge in [-0.3, -0.25) is 9.59 Å². The molecule has 0 aliphatic carbocycles. The monoisotopic (exact) mass is 427 g/mol. The smallest absolute Gasteiger partial charge is 0.329 e. The van der Waals surface area contributed by atoms with E-state index in [1.165, 1.54) is 6.21 Å². The van der Waals surface area contributed by atoms with Crippen LogP contribution in [0.4, 0.5) is 0 Å². The van der Waals surface area contributed by atoms with Crippen molar-refractivity contribution in [2.45, 2.75) is 26.2 Å². The number of nitrogens with one attached hydrogen (secondary N) is 2. The topological polar surface area (TPSA) is 98.2 Å². The second-order valence-corrected chi connectivity index (χ2v) is 6.67. The number of hydrogen-bond acceptors (Lipinski definition) is 6. The molecule has 8 nitrogen and oxygen atoms in total. The molecule has 0 aliphatic heterocycles. The standard InChI is InChI=1S/C23H29N3O5/c1-4-5-14-31-19-9-6-18(7-10-19)16-25-26-23(28)22(27)24-13-12-17-8-11-20(29-2)21(15-17)30-3/h6-11,15-16H,4-5,12-14H2,1-3H3,(H,24,27)(H,26,28)/b25-16-. The van der Waals surface area contributed by atoms with E-state index in [2.05, 4.69) is 22.8 Å². The molecule has 0 atom stereocenters. The van der Waals surface area contributed by atoms with Crippen LogP contribution < -0.4 is 25.0 Å². The Kier molecular flexibility index (Phi) is 9.87. The molecule has 0 saturated carbocycles. The molecule has 31 heavy (non-hydrogen) atoms. The van der Waals surface area contributed by atoms with E-state index in [1.807, 2.05) is 36.4 Å². The van der Waals surface area contributed by atoms with Gasteiger partial charge in [0.15, 0.2) is 11.5 Å². The third-order valence-electron chi connectivity index (χ3n) is 4.38. The maximum absolute atomic E-state index is 11.9. The Balaban J connectivity index is 1.74. The van der Waals surface area contributed by atoms with Crippen LogP contribution in [0.15, 0.2) is 47.6 Å². The summed E-state index contributed by atoms with van der Waals surface area (Å²) < 4.78 is 16.0. The second kappa shape index (κ2) is 12.9. The lowest BCUT2D eigenvalue weighted by Gasteiger charge is -2.10. The summed E-state index contributed by atoms with van der Waals surface area (Å²) in [5.41, 5.74) is 3.94. The van der Waals surface area contributed by atoms with Crippen molar-refractivity contribution in [2.75, 3.05) is 27.4 Å². The van der Waals surface area contributed by atoms with Crippen molar-refractivity contribution in [2.24, 2.45) is 5.10 Å². The third kappa shape index (κ3) is 8.00. The quantitative estimate of drug-likeness (QED) is 0.249. The number of methoxy groups -OCH3 is 2. The number of hydrazone groups is 1. The van der Waals surface area contributed by atoms with Gasteiger partial charge in [0.05, 0.1) is 27.0 Å². The lowest BCUT2D eigenvalue weighted by atomic mass is 10.1. The third-order valence-corrected chi connectivity index (χ3v) is 4.38. The van der Waals surface area contributed by atoms with E-state index in [0.29, 0.717) is 31.1 Å². The van der Waals surface area contributed by atoms with Crippen LogP contribution in [-0.2, 0) is 16.0 Å². The maximum Gasteiger partial charge on any atom is 0.329 e. The number of carbonyl (C=O) groups excluding carboxylic acids is 2. The Labute approximate surface area is 182 Å². The number of carbonyl (C=O) groups is 2. The zero-order valence-electron chi connectivity index (χ0n) is 18.1. The van der Waals surface area contributed by atoms with Gasteiger partial charge in [-0.05, 0) is 60.4 Å². The van der Waals surface area contributed by atoms with E-state index in [1.54, 1.807) is 20.3 Å². The van der Waals surface area contributed by atoms with Gasteiger partial charge >= 0.3 is 11.8 Å². The van der Waals surface area contributed by atoms with Gasteiger partial charge in [-0.1, -0.05) is 19.4 Å². The van der Waals surface area contributed by atoms with Crippen molar-refractivity contribution in [3.63, 3.8) is 0 Å². The van der Waals surface area contributed by atoms with E-state index in [0.717, 1.165) is 29.7 Å². The van der Waals surface area contributed by atoms with Crippen molar-refractivity contribution >= 4 is 18.0 Å². The van der Waals surface area contributed by atoms with Gasteiger partial charge < -0.3 is 19.5 Å². The van der Waals surface area contributed by atoms with Gasteiger partial charge in [0.1, 0.15) is 5.75 Å². The fraction of sp³-hybridized carbons (Fsp3) is 0.348. The molecule has 0 fully saturated rings. The predicted molar refractivity (Wildman–Crippen MR) is 119 cm³/mol. The number of amides is 2. The van der Waals surface area contributed by atoms with Crippen molar-refractivity contribution in [3.8, 4) is 17.2 Å². The van der Waals surface area contributed by atoms with Crippen molar-refractivity contribution in [3.05, 3.63) is 53.6 Å². The van der Waals surface area contributed by atoms with E-state index < -0.39 is 11.8 Å². The van der Waals surface area contributed by atoms with Gasteiger partial charge in [-0.25, -0.2) is 5.43 Å². The SMILES string of the molecule is CCCCOc1ccc(/C=N\NC(=O)C(=O)NCCc2ccc(OC)c(OC)c2)cc1. The number of hydrogen-bond donors (Lipinski definition) is 2. The summed E-state index contributed by atoms with van der Waals surface area (Å²) in [7, 11) is 3.13. The minimum Gasteiger partial charge on any atom is -0.494 e. The zero-order valence-corrected chi connectivity index (χ0v) is 18.1. The molecular formula is C23H29N3O5. The highest BCUT2D eigenvalue weighted by Gasteiger charge is 2.12. The van der Waals surface area contributed by atoms with Gasteiger partial charge in [0, 0.05) is 6.54 Å². The first-order chi connectivity index (χ1) is 15.1. The normalized spacial score (nSPS) is 10.5. The summed E-state index contributed by atoms with van der Waals surface area (Å²) in [6.45, 7) is 3.09. The Hall–Kier alpha value is -3.55. The molecule has 0 spiro atoms. The van der Waals surface area contributed by atoms with Crippen LogP contribution in [-0.4, -0.2) is 45.4 Å². The maximum atomic E-state index is 11.9. The summed E-state index contributed by atoms with van der Waals surface area (Å²) in [5.74, 6) is 0.439. The van der Waals surface area contributed by atoms with Crippen molar-refractivity contribution in [1.82, 2.24) is 10.7 Å². The van der Waals surface area contributed by atoms with Crippen LogP contribution >= 0.6 is 0 Å². The van der Waals surface area contributed by atoms with E-state index in [-0.39, 0.29) is 0 Å². The van der Waals surface area contributed by atoms with E-state index >= 15 is 0 Å². The summed E-state index contributed by atoms with van der Waals surface area (Å²) in [4.78, 5) is 23.8. The molecule has 2 aromatic carbocycles. The Morgan fingerprint density at radius 1 is 1.00 bits per heavy atom. The average Bonchev–Trinajstić information content (AvgIpc) is 2.80. The largest absolute Gasteiger partial charge is 0.494 e. The lowest BCUT2D eigenvalue weighted by Crippen LogP contribution is -2.38. The van der Waals surface area contributed by atoms with E-state index in [9.17, 15) is 9.59 Å². The molecule has 8 heteroatoms. The molecule has 0 saturated heterocycles. The van der Waals surface area contributed by atoms with Crippen molar-refractivity contribution in [1.29, 1.82) is 0 Å². The van der Waals surface area contributed by atoms with E-state index in [4.69, 9.17) is 14.2 Å². The molecule has 0 aromatic heterocycles. The van der Waals surface area contributed by atoms with Crippen LogP contribution in [0.3, 0.4) is 0 Å². The Morgan fingerprint density at radius 3 is 2.42 bits per heavy atom. The van der Waals surface area contributed by atoms with Crippen LogP contribution in [0, 0.1) is 0 Å². The zero-order chi connectivity index (χ0) is 22.5. The molecule has 166 valence electrons. The molecule has 2 rings (SSSR count). The molecular weight excluding hydrogens is 398 g/mol. The fourth-order valence-electron chi connectivity index (χ4n) is 2.64. The summed E-state index contributed by atoms with van der Waals surface area (Å²) in [6.07, 6.45) is 4.08.